The van der Waals surface area contributed by atoms with Crippen LogP contribution in [0, 0.1) is 21.4 Å². The SMILES string of the molecule is N#Cc1ccccc1OCC(=O)NN=Cc1ccc(O)c([N+](=O)[O-])c1. The third-order valence-corrected chi connectivity index (χ3v) is 2.97. The second-order valence-corrected chi connectivity index (χ2v) is 4.70. The molecule has 2 N–H and O–H groups in total. The van der Waals surface area contributed by atoms with Crippen molar-refractivity contribution < 1.29 is 19.6 Å². The van der Waals surface area contributed by atoms with Gasteiger partial charge >= 0.3 is 5.69 Å². The van der Waals surface area contributed by atoms with E-state index in [1.807, 2.05) is 6.07 Å². The van der Waals surface area contributed by atoms with Crippen molar-refractivity contribution in [2.45, 2.75) is 0 Å². The van der Waals surface area contributed by atoms with E-state index in [1.165, 1.54) is 12.3 Å². The van der Waals surface area contributed by atoms with Gasteiger partial charge in [0.15, 0.2) is 12.4 Å². The molecule has 0 aliphatic carbocycles. The van der Waals surface area contributed by atoms with Crippen LogP contribution in [0.4, 0.5) is 5.69 Å². The summed E-state index contributed by atoms with van der Waals surface area (Å²) in [5.74, 6) is -0.758. The van der Waals surface area contributed by atoms with E-state index in [9.17, 15) is 20.0 Å². The maximum absolute atomic E-state index is 11.7. The van der Waals surface area contributed by atoms with Crippen LogP contribution in [0.2, 0.25) is 0 Å². The van der Waals surface area contributed by atoms with E-state index in [-0.39, 0.29) is 12.4 Å². The number of nitro groups is 1. The van der Waals surface area contributed by atoms with Crippen molar-refractivity contribution in [1.29, 1.82) is 5.26 Å². The minimum Gasteiger partial charge on any atom is -0.502 e. The Labute approximate surface area is 141 Å². The molecule has 0 fully saturated rings. The van der Waals surface area contributed by atoms with Crippen molar-refractivity contribution in [2.24, 2.45) is 5.10 Å². The fourth-order valence-corrected chi connectivity index (χ4v) is 1.81. The van der Waals surface area contributed by atoms with Crippen LogP contribution in [0.3, 0.4) is 0 Å². The summed E-state index contributed by atoms with van der Waals surface area (Å²) in [5.41, 5.74) is 2.35. The number of aromatic hydroxyl groups is 1. The van der Waals surface area contributed by atoms with Crippen molar-refractivity contribution in [3.05, 3.63) is 63.7 Å². The number of nitrogens with zero attached hydrogens (tertiary/aromatic N) is 3. The summed E-state index contributed by atoms with van der Waals surface area (Å²) < 4.78 is 5.23. The number of phenols is 1. The zero-order valence-corrected chi connectivity index (χ0v) is 12.7. The van der Waals surface area contributed by atoms with Crippen molar-refractivity contribution in [3.8, 4) is 17.6 Å². The molecule has 126 valence electrons. The van der Waals surface area contributed by atoms with Gasteiger partial charge in [-0.25, -0.2) is 5.43 Å². The first-order valence-corrected chi connectivity index (χ1v) is 6.92. The maximum atomic E-state index is 11.7. The number of ether oxygens (including phenoxy) is 1. The quantitative estimate of drug-likeness (QED) is 0.466. The van der Waals surface area contributed by atoms with Gasteiger partial charge in [0.05, 0.1) is 16.7 Å². The Hall–Kier alpha value is -3.93. The Morgan fingerprint density at radius 3 is 2.88 bits per heavy atom. The summed E-state index contributed by atoms with van der Waals surface area (Å²) in [4.78, 5) is 21.6. The average molecular weight is 340 g/mol. The number of carbonyl (C=O) groups is 1. The van der Waals surface area contributed by atoms with Gasteiger partial charge in [0, 0.05) is 11.6 Å². The number of phenolic OH excluding ortho intramolecular Hbond substituents is 1. The predicted octanol–water partition coefficient (Wildman–Crippen LogP) is 1.70. The minimum absolute atomic E-state index is 0.276. The van der Waals surface area contributed by atoms with Crippen LogP contribution in [-0.4, -0.2) is 28.8 Å². The van der Waals surface area contributed by atoms with Crippen LogP contribution < -0.4 is 10.2 Å². The van der Waals surface area contributed by atoms with Crippen LogP contribution in [0.25, 0.3) is 0 Å². The highest BCUT2D eigenvalue weighted by atomic mass is 16.6. The highest BCUT2D eigenvalue weighted by Gasteiger charge is 2.12. The molecule has 0 atom stereocenters. The molecule has 0 saturated carbocycles. The van der Waals surface area contributed by atoms with Crippen LogP contribution in [0.1, 0.15) is 11.1 Å². The standard InChI is InChI=1S/C16H12N4O5/c17-8-12-3-1-2-4-15(12)25-10-16(22)19-18-9-11-5-6-14(21)13(7-11)20(23)24/h1-7,9,21H,10H2,(H,19,22). The third-order valence-electron chi connectivity index (χ3n) is 2.97. The summed E-state index contributed by atoms with van der Waals surface area (Å²) in [6, 6.07) is 12.1. The lowest BCUT2D eigenvalue weighted by Crippen LogP contribution is -2.24. The number of para-hydroxylation sites is 1. The molecule has 9 heteroatoms. The van der Waals surface area contributed by atoms with Gasteiger partial charge < -0.3 is 9.84 Å². The maximum Gasteiger partial charge on any atom is 0.311 e. The summed E-state index contributed by atoms with van der Waals surface area (Å²) in [6.45, 7) is -0.355. The van der Waals surface area contributed by atoms with E-state index < -0.39 is 22.3 Å². The van der Waals surface area contributed by atoms with Gasteiger partial charge in [-0.3, -0.25) is 14.9 Å². The van der Waals surface area contributed by atoms with E-state index in [2.05, 4.69) is 10.5 Å². The topological polar surface area (TPSA) is 138 Å². The Balaban J connectivity index is 1.92. The van der Waals surface area contributed by atoms with Crippen LogP contribution in [0.5, 0.6) is 11.5 Å². The first-order valence-electron chi connectivity index (χ1n) is 6.92. The van der Waals surface area contributed by atoms with Crippen molar-refractivity contribution >= 4 is 17.8 Å². The number of hydrogen-bond acceptors (Lipinski definition) is 7. The lowest BCUT2D eigenvalue weighted by atomic mass is 10.2. The molecule has 0 unspecified atom stereocenters. The molecule has 0 bridgehead atoms. The molecule has 0 aliphatic heterocycles. The lowest BCUT2D eigenvalue weighted by Gasteiger charge is -2.06. The van der Waals surface area contributed by atoms with E-state index >= 15 is 0 Å². The van der Waals surface area contributed by atoms with Gasteiger partial charge in [0.25, 0.3) is 5.91 Å². The fraction of sp³-hybridized carbons (Fsp3) is 0.0625. The number of hydrogen-bond donors (Lipinski definition) is 2. The molecule has 0 heterocycles. The Kier molecular flexibility index (Phi) is 5.63. The monoisotopic (exact) mass is 340 g/mol. The molecule has 0 aliphatic rings. The number of nitro benzene ring substituents is 1. The molecule has 0 saturated heterocycles. The van der Waals surface area contributed by atoms with Crippen LogP contribution in [0.15, 0.2) is 47.6 Å². The van der Waals surface area contributed by atoms with E-state index in [1.54, 1.807) is 24.3 Å². The van der Waals surface area contributed by atoms with Gasteiger partial charge in [-0.05, 0) is 24.3 Å². The molecular formula is C16H12N4O5. The number of nitriles is 1. The summed E-state index contributed by atoms with van der Waals surface area (Å²) in [7, 11) is 0. The normalized spacial score (nSPS) is 10.2. The Morgan fingerprint density at radius 2 is 2.16 bits per heavy atom. The molecular weight excluding hydrogens is 328 g/mol. The minimum atomic E-state index is -0.730. The number of amides is 1. The van der Waals surface area contributed by atoms with Gasteiger partial charge in [-0.15, -0.1) is 0 Å². The molecule has 0 spiro atoms. The Bertz CT molecular complexity index is 873. The van der Waals surface area contributed by atoms with Crippen LogP contribution >= 0.6 is 0 Å². The molecule has 0 radical (unpaired) electrons. The number of benzene rings is 2. The van der Waals surface area contributed by atoms with Crippen molar-refractivity contribution in [1.82, 2.24) is 5.43 Å². The lowest BCUT2D eigenvalue weighted by molar-refractivity contribution is -0.385. The smallest absolute Gasteiger partial charge is 0.311 e. The van der Waals surface area contributed by atoms with Gasteiger partial charge in [0.1, 0.15) is 11.8 Å². The van der Waals surface area contributed by atoms with Crippen molar-refractivity contribution in [3.63, 3.8) is 0 Å². The number of nitrogens with one attached hydrogen (secondary N) is 1. The molecule has 0 aromatic heterocycles. The number of rotatable bonds is 6. The molecule has 25 heavy (non-hydrogen) atoms. The molecule has 2 aromatic rings. The fourth-order valence-electron chi connectivity index (χ4n) is 1.81. The zero-order chi connectivity index (χ0) is 18.2. The summed E-state index contributed by atoms with van der Waals surface area (Å²) >= 11 is 0. The van der Waals surface area contributed by atoms with Gasteiger partial charge in [-0.2, -0.15) is 10.4 Å². The second kappa shape index (κ2) is 8.07. The highest BCUT2D eigenvalue weighted by Crippen LogP contribution is 2.25. The van der Waals surface area contributed by atoms with E-state index in [4.69, 9.17) is 10.00 Å². The Morgan fingerprint density at radius 1 is 1.40 bits per heavy atom. The second-order valence-electron chi connectivity index (χ2n) is 4.70. The van der Waals surface area contributed by atoms with Crippen molar-refractivity contribution in [2.75, 3.05) is 6.61 Å². The number of hydrazone groups is 1. The predicted molar refractivity (Wildman–Crippen MR) is 87.1 cm³/mol. The summed E-state index contributed by atoms with van der Waals surface area (Å²) in [5, 5.41) is 32.6. The first-order chi connectivity index (χ1) is 12.0. The van der Waals surface area contributed by atoms with E-state index in [0.717, 1.165) is 12.1 Å². The largest absolute Gasteiger partial charge is 0.502 e. The van der Waals surface area contributed by atoms with Crippen LogP contribution in [-0.2, 0) is 4.79 Å². The zero-order valence-electron chi connectivity index (χ0n) is 12.7. The van der Waals surface area contributed by atoms with Gasteiger partial charge in [0.2, 0.25) is 0 Å². The van der Waals surface area contributed by atoms with E-state index in [0.29, 0.717) is 11.1 Å². The first kappa shape index (κ1) is 17.4. The molecule has 9 nitrogen and oxygen atoms in total. The molecule has 2 aromatic carbocycles. The third kappa shape index (κ3) is 4.77. The summed E-state index contributed by atoms with van der Waals surface area (Å²) in [6.07, 6.45) is 1.19. The molecule has 1 amide bonds. The highest BCUT2D eigenvalue weighted by molar-refractivity contribution is 5.84. The van der Waals surface area contributed by atoms with Gasteiger partial charge in [-0.1, -0.05) is 12.1 Å². The average Bonchev–Trinajstić information content (AvgIpc) is 2.61. The number of carbonyl (C=O) groups excluding carboxylic acids is 1. The molecule has 2 rings (SSSR count).